The van der Waals surface area contributed by atoms with Crippen molar-refractivity contribution in [2.45, 2.75) is 39.2 Å². The van der Waals surface area contributed by atoms with Crippen LogP contribution < -0.4 is 0 Å². The number of carbonyl (C=O) groups is 1. The van der Waals surface area contributed by atoms with Crippen LogP contribution in [0, 0.1) is 0 Å². The maximum Gasteiger partial charge on any atom is 0.303 e. The van der Waals surface area contributed by atoms with Gasteiger partial charge in [0.25, 0.3) is 0 Å². The van der Waals surface area contributed by atoms with Gasteiger partial charge in [-0.25, -0.2) is 4.21 Å². The molecule has 1 N–H and O–H groups in total. The molecule has 0 amide bonds. The van der Waals surface area contributed by atoms with Crippen molar-refractivity contribution in [2.75, 3.05) is 0 Å². The Balaban J connectivity index is 0. The Labute approximate surface area is 92.6 Å². The summed E-state index contributed by atoms with van der Waals surface area (Å²) < 4.78 is 23.9. The van der Waals surface area contributed by atoms with E-state index in [0.717, 1.165) is 0 Å². The second-order valence-corrected chi connectivity index (χ2v) is 4.20. The highest BCUT2D eigenvalue weighted by molar-refractivity contribution is 7.74. The van der Waals surface area contributed by atoms with E-state index in [0.29, 0.717) is 6.42 Å². The van der Waals surface area contributed by atoms with Gasteiger partial charge >= 0.3 is 5.97 Å². The molecule has 0 fully saturated rings. The zero-order valence-electron chi connectivity index (χ0n) is 9.19. The first-order chi connectivity index (χ1) is 6.69. The van der Waals surface area contributed by atoms with Crippen molar-refractivity contribution in [3.8, 4) is 0 Å². The Hall–Kier alpha value is -0.720. The summed E-state index contributed by atoms with van der Waals surface area (Å²) in [6.45, 7) is 8.38. The van der Waals surface area contributed by atoms with Gasteiger partial charge in [0.05, 0.1) is 17.0 Å². The zero-order valence-corrected chi connectivity index (χ0v) is 10.0. The molecule has 0 rings (SSSR count). The molecule has 90 valence electrons. The molecule has 6 heteroatoms. The fraction of sp³-hybridized carbons (Fsp3) is 0.667. The van der Waals surface area contributed by atoms with Gasteiger partial charge in [-0.2, -0.15) is 0 Å². The molecule has 0 saturated heterocycles. The van der Waals surface area contributed by atoms with Gasteiger partial charge in [0.1, 0.15) is 0 Å². The standard InChI is InChI=1S/C5H8O2.C4H10O3S/c1-2-3-4-5(6)7;1-4(2,3)7-8(5)6/h2H,1,3-4H2,(H,6,7);1-3H3,(H,5,6)/p-1. The van der Waals surface area contributed by atoms with Gasteiger partial charge in [0.15, 0.2) is 0 Å². The van der Waals surface area contributed by atoms with E-state index in [2.05, 4.69) is 10.8 Å². The lowest BCUT2D eigenvalue weighted by atomic mass is 10.2. The maximum absolute atomic E-state index is 9.79. The van der Waals surface area contributed by atoms with E-state index in [9.17, 15) is 13.6 Å². The highest BCUT2D eigenvalue weighted by Crippen LogP contribution is 2.06. The van der Waals surface area contributed by atoms with Gasteiger partial charge in [-0.05, 0) is 27.2 Å². The van der Waals surface area contributed by atoms with Crippen LogP contribution in [0.15, 0.2) is 12.7 Å². The lowest BCUT2D eigenvalue weighted by Crippen LogP contribution is -2.20. The smallest absolute Gasteiger partial charge is 0.303 e. The molecule has 0 aliphatic carbocycles. The molecular weight excluding hydrogens is 220 g/mol. The summed E-state index contributed by atoms with van der Waals surface area (Å²) in [7, 11) is 0. The van der Waals surface area contributed by atoms with Crippen LogP contribution in [0.25, 0.3) is 0 Å². The summed E-state index contributed by atoms with van der Waals surface area (Å²) in [5.74, 6) is -0.764. The average molecular weight is 237 g/mol. The van der Waals surface area contributed by atoms with Crippen molar-refractivity contribution in [2.24, 2.45) is 0 Å². The summed E-state index contributed by atoms with van der Waals surface area (Å²) in [6.07, 6.45) is 2.35. The number of rotatable bonds is 4. The molecule has 0 saturated carbocycles. The van der Waals surface area contributed by atoms with Gasteiger partial charge in [-0.3, -0.25) is 8.98 Å². The molecule has 0 aliphatic heterocycles. The zero-order chi connectivity index (χ0) is 12.5. The first-order valence-corrected chi connectivity index (χ1v) is 5.30. The van der Waals surface area contributed by atoms with Crippen LogP contribution in [-0.2, 0) is 20.3 Å². The molecule has 0 aromatic carbocycles. The number of aliphatic carboxylic acids is 1. The molecule has 1 unspecified atom stereocenters. The van der Waals surface area contributed by atoms with Gasteiger partial charge in [-0.15, -0.1) is 6.58 Å². The molecule has 0 aromatic heterocycles. The molecule has 15 heavy (non-hydrogen) atoms. The fourth-order valence-electron chi connectivity index (χ4n) is 0.430. The van der Waals surface area contributed by atoms with Crippen molar-refractivity contribution in [1.82, 2.24) is 0 Å². The van der Waals surface area contributed by atoms with Crippen molar-refractivity contribution < 1.29 is 22.8 Å². The maximum atomic E-state index is 9.79. The Bertz CT molecular complexity index is 219. The first kappa shape index (κ1) is 16.7. The summed E-state index contributed by atoms with van der Waals surface area (Å²) >= 11 is -2.39. The minimum atomic E-state index is -2.39. The van der Waals surface area contributed by atoms with Crippen LogP contribution >= 0.6 is 0 Å². The summed E-state index contributed by atoms with van der Waals surface area (Å²) in [4.78, 5) is 9.71. The summed E-state index contributed by atoms with van der Waals surface area (Å²) in [5.41, 5.74) is -0.591. The summed E-state index contributed by atoms with van der Waals surface area (Å²) in [6, 6.07) is 0. The van der Waals surface area contributed by atoms with Gasteiger partial charge in [0, 0.05) is 6.42 Å². The summed E-state index contributed by atoms with van der Waals surface area (Å²) in [5, 5.41) is 8.00. The predicted molar refractivity (Wildman–Crippen MR) is 56.8 cm³/mol. The second kappa shape index (κ2) is 8.58. The molecule has 0 radical (unpaired) electrons. The number of hydrogen-bond acceptors (Lipinski definition) is 4. The van der Waals surface area contributed by atoms with Crippen LogP contribution in [-0.4, -0.2) is 25.4 Å². The molecule has 0 aliphatic rings. The largest absolute Gasteiger partial charge is 0.750 e. The Morgan fingerprint density at radius 2 is 2.07 bits per heavy atom. The second-order valence-electron chi connectivity index (χ2n) is 3.62. The van der Waals surface area contributed by atoms with E-state index in [-0.39, 0.29) is 6.42 Å². The number of carboxylic acids is 1. The highest BCUT2D eigenvalue weighted by atomic mass is 32.2. The molecule has 0 aromatic rings. The minimum Gasteiger partial charge on any atom is -0.750 e. The van der Waals surface area contributed by atoms with Crippen molar-refractivity contribution in [3.63, 3.8) is 0 Å². The minimum absolute atomic E-state index is 0.198. The third-order valence-electron chi connectivity index (χ3n) is 0.880. The van der Waals surface area contributed by atoms with Crippen molar-refractivity contribution in [1.29, 1.82) is 0 Å². The third kappa shape index (κ3) is 24.6. The number of allylic oxidation sites excluding steroid dienone is 1. The van der Waals surface area contributed by atoms with E-state index in [1.807, 2.05) is 0 Å². The van der Waals surface area contributed by atoms with E-state index in [1.54, 1.807) is 26.8 Å². The average Bonchev–Trinajstić information content (AvgIpc) is 1.96. The van der Waals surface area contributed by atoms with E-state index >= 15 is 0 Å². The molecule has 1 atom stereocenters. The van der Waals surface area contributed by atoms with Crippen LogP contribution in [0.4, 0.5) is 0 Å². The van der Waals surface area contributed by atoms with E-state index < -0.39 is 22.9 Å². The topological polar surface area (TPSA) is 86.7 Å². The van der Waals surface area contributed by atoms with Crippen molar-refractivity contribution in [3.05, 3.63) is 12.7 Å². The number of hydrogen-bond donors (Lipinski definition) is 1. The van der Waals surface area contributed by atoms with E-state index in [1.165, 1.54) is 0 Å². The van der Waals surface area contributed by atoms with Gasteiger partial charge < -0.3 is 9.66 Å². The quantitative estimate of drug-likeness (QED) is 0.593. The molecule has 0 heterocycles. The predicted octanol–water partition coefficient (Wildman–Crippen LogP) is 1.63. The number of carboxylic acid groups (broad SMARTS) is 1. The normalized spacial score (nSPS) is 12.3. The molecule has 0 spiro atoms. The molecule has 5 nitrogen and oxygen atoms in total. The fourth-order valence-corrected chi connectivity index (χ4v) is 0.838. The lowest BCUT2D eigenvalue weighted by molar-refractivity contribution is -0.136. The van der Waals surface area contributed by atoms with Crippen LogP contribution in [0.2, 0.25) is 0 Å². The van der Waals surface area contributed by atoms with Crippen molar-refractivity contribution >= 4 is 17.3 Å². The molecular formula is C9H17O5S-. The Morgan fingerprint density at radius 3 is 2.13 bits per heavy atom. The Morgan fingerprint density at radius 1 is 1.60 bits per heavy atom. The first-order valence-electron chi connectivity index (χ1n) is 4.30. The van der Waals surface area contributed by atoms with E-state index in [4.69, 9.17) is 5.11 Å². The van der Waals surface area contributed by atoms with Crippen LogP contribution in [0.3, 0.4) is 0 Å². The third-order valence-corrected chi connectivity index (χ3v) is 1.52. The van der Waals surface area contributed by atoms with Gasteiger partial charge in [0.2, 0.25) is 0 Å². The van der Waals surface area contributed by atoms with Crippen LogP contribution in [0.5, 0.6) is 0 Å². The molecule has 0 bridgehead atoms. The SMILES string of the molecule is C=CCCC(=O)O.CC(C)(C)OS(=O)[O-]. The Kier molecular flexibility index (Phi) is 9.55. The lowest BCUT2D eigenvalue weighted by Gasteiger charge is -2.19. The van der Waals surface area contributed by atoms with Gasteiger partial charge in [-0.1, -0.05) is 6.08 Å². The highest BCUT2D eigenvalue weighted by Gasteiger charge is 2.09. The monoisotopic (exact) mass is 237 g/mol. The van der Waals surface area contributed by atoms with Crippen LogP contribution in [0.1, 0.15) is 33.6 Å².